The molecule has 8 atom stereocenters. The van der Waals surface area contributed by atoms with Gasteiger partial charge in [-0.15, -0.1) is 0 Å². The molecule has 196 valence electrons. The Balaban J connectivity index is 2.41. The number of nitrogens with one attached hydrogen (secondary N) is 1. The molecule has 2 unspecified atom stereocenters. The number of aliphatic carboxylic acids is 1. The summed E-state index contributed by atoms with van der Waals surface area (Å²) in [4.78, 5) is 22.6. The molecule has 0 aliphatic carbocycles. The highest BCUT2D eigenvalue weighted by Gasteiger charge is 2.50. The quantitative estimate of drug-likeness (QED) is 0.136. The fourth-order valence-corrected chi connectivity index (χ4v) is 3.84. The van der Waals surface area contributed by atoms with Crippen molar-refractivity contribution < 1.29 is 78.5 Å². The minimum atomic E-state index is -5.28. The van der Waals surface area contributed by atoms with E-state index in [1.54, 1.807) is 0 Å². The van der Waals surface area contributed by atoms with Crippen molar-refractivity contribution in [1.29, 1.82) is 0 Å². The van der Waals surface area contributed by atoms with E-state index >= 15 is 0 Å². The average molecular weight is 539 g/mol. The standard InChI is InChI=1S/C14H21NO17S2/c1-4(16)15-8-9(18)11(7(29-13(8)21)3-28-33(22,23)24)31-14-10(32-34(25,26)27)5(17)2-6(30-14)12(19)20/h2,5,7-11,13-14,17-18,21H,3H2,1H3,(H,15,16)(H,19,20)(H,22,23,24)(H,25,26,27)/t5-,7+,8+,9+,10+,11?,13?,14-/m0/s1. The van der Waals surface area contributed by atoms with E-state index in [1.165, 1.54) is 0 Å². The number of ether oxygens (including phenoxy) is 3. The first-order chi connectivity index (χ1) is 15.5. The van der Waals surface area contributed by atoms with Gasteiger partial charge in [-0.3, -0.25) is 13.9 Å². The van der Waals surface area contributed by atoms with Crippen LogP contribution in [0.3, 0.4) is 0 Å². The molecule has 34 heavy (non-hydrogen) atoms. The average Bonchev–Trinajstić information content (AvgIpc) is 2.66. The van der Waals surface area contributed by atoms with Gasteiger partial charge >= 0.3 is 26.8 Å². The summed E-state index contributed by atoms with van der Waals surface area (Å²) in [7, 11) is -10.4. The van der Waals surface area contributed by atoms with Crippen LogP contribution in [0, 0.1) is 0 Å². The van der Waals surface area contributed by atoms with Crippen LogP contribution in [-0.4, -0.2) is 114 Å². The fraction of sp³-hybridized carbons (Fsp3) is 0.714. The maximum atomic E-state index is 11.4. The number of hydrogen-bond acceptors (Lipinski definition) is 14. The van der Waals surface area contributed by atoms with Gasteiger partial charge in [0, 0.05) is 6.92 Å². The molecule has 0 radical (unpaired) electrons. The van der Waals surface area contributed by atoms with Gasteiger partial charge in [0.15, 0.2) is 12.4 Å². The number of amides is 1. The largest absolute Gasteiger partial charge is 0.475 e. The summed E-state index contributed by atoms with van der Waals surface area (Å²) >= 11 is 0. The van der Waals surface area contributed by atoms with Gasteiger partial charge in [-0.05, 0) is 6.08 Å². The molecule has 2 rings (SSSR count). The summed E-state index contributed by atoms with van der Waals surface area (Å²) in [6, 6.07) is -1.63. The van der Waals surface area contributed by atoms with Crippen LogP contribution in [0.15, 0.2) is 11.8 Å². The van der Waals surface area contributed by atoms with Crippen molar-refractivity contribution in [3.8, 4) is 0 Å². The van der Waals surface area contributed by atoms with E-state index in [-0.39, 0.29) is 0 Å². The number of aliphatic hydroxyl groups excluding tert-OH is 3. The monoisotopic (exact) mass is 539 g/mol. The molecule has 0 aromatic rings. The van der Waals surface area contributed by atoms with E-state index in [9.17, 15) is 41.7 Å². The molecule has 0 aromatic carbocycles. The Morgan fingerprint density at radius 2 is 1.71 bits per heavy atom. The van der Waals surface area contributed by atoms with Crippen LogP contribution in [-0.2, 0) is 53.0 Å². The van der Waals surface area contributed by atoms with Gasteiger partial charge < -0.3 is 40.0 Å². The molecule has 1 fully saturated rings. The van der Waals surface area contributed by atoms with Gasteiger partial charge in [-0.2, -0.15) is 16.8 Å². The van der Waals surface area contributed by atoms with Crippen molar-refractivity contribution in [3.63, 3.8) is 0 Å². The number of carbonyl (C=O) groups is 2. The Morgan fingerprint density at radius 3 is 2.21 bits per heavy atom. The van der Waals surface area contributed by atoms with Crippen molar-refractivity contribution >= 4 is 32.7 Å². The van der Waals surface area contributed by atoms with E-state index in [1.807, 2.05) is 0 Å². The second-order valence-corrected chi connectivity index (χ2v) is 9.04. The maximum absolute atomic E-state index is 11.4. The third-order valence-corrected chi connectivity index (χ3v) is 5.25. The minimum absolute atomic E-state index is 0.509. The summed E-state index contributed by atoms with van der Waals surface area (Å²) in [5.41, 5.74) is 0. The van der Waals surface area contributed by atoms with Crippen molar-refractivity contribution in [2.75, 3.05) is 6.61 Å². The van der Waals surface area contributed by atoms with E-state index in [2.05, 4.69) is 13.7 Å². The Hall–Kier alpha value is -1.98. The van der Waals surface area contributed by atoms with Crippen LogP contribution in [0.5, 0.6) is 0 Å². The molecule has 2 aliphatic heterocycles. The lowest BCUT2D eigenvalue weighted by Gasteiger charge is -2.44. The Morgan fingerprint density at radius 1 is 1.09 bits per heavy atom. The molecular formula is C14H21NO17S2. The van der Waals surface area contributed by atoms with Gasteiger partial charge in [-0.25, -0.2) is 13.2 Å². The fourth-order valence-electron chi connectivity index (χ4n) is 3.05. The van der Waals surface area contributed by atoms with Crippen molar-refractivity contribution in [1.82, 2.24) is 5.32 Å². The molecule has 7 N–H and O–H groups in total. The summed E-state index contributed by atoms with van der Waals surface area (Å²) in [5, 5.41) is 42.0. The first kappa shape index (κ1) is 28.3. The summed E-state index contributed by atoms with van der Waals surface area (Å²) in [6.45, 7) is -0.117. The third kappa shape index (κ3) is 7.78. The molecule has 1 saturated heterocycles. The van der Waals surface area contributed by atoms with Crippen molar-refractivity contribution in [2.45, 2.75) is 56.1 Å². The number of rotatable bonds is 9. The van der Waals surface area contributed by atoms with Crippen LogP contribution >= 0.6 is 0 Å². The predicted molar refractivity (Wildman–Crippen MR) is 99.9 cm³/mol. The normalized spacial score (nSPS) is 34.6. The minimum Gasteiger partial charge on any atom is -0.475 e. The molecule has 20 heteroatoms. The number of carbonyl (C=O) groups excluding carboxylic acids is 1. The highest BCUT2D eigenvalue weighted by Crippen LogP contribution is 2.30. The SMILES string of the molecule is CC(=O)N[C@H]1C(O)O[C@H](COS(=O)(=O)O)C(O[C@@H]2OC(C(=O)O)=C[C@H](O)[C@H]2OS(=O)(=O)O)[C@@H]1O. The lowest BCUT2D eigenvalue weighted by molar-refractivity contribution is -0.303. The number of carboxylic acids is 1. The second-order valence-electron chi connectivity index (χ2n) is 6.90. The molecule has 0 aromatic heterocycles. The van der Waals surface area contributed by atoms with Gasteiger partial charge in [-0.1, -0.05) is 0 Å². The topological polar surface area (TPSA) is 282 Å². The first-order valence-corrected chi connectivity index (χ1v) is 11.7. The lowest BCUT2D eigenvalue weighted by atomic mass is 9.96. The van der Waals surface area contributed by atoms with Crippen molar-refractivity contribution in [2.24, 2.45) is 0 Å². The second kappa shape index (κ2) is 10.7. The first-order valence-electron chi connectivity index (χ1n) is 9.00. The van der Waals surface area contributed by atoms with E-state index in [0.29, 0.717) is 6.08 Å². The Kier molecular flexibility index (Phi) is 8.93. The van der Waals surface area contributed by atoms with Crippen LogP contribution in [0.2, 0.25) is 0 Å². The zero-order chi connectivity index (χ0) is 26.0. The van der Waals surface area contributed by atoms with Crippen LogP contribution in [0.4, 0.5) is 0 Å². The Labute approximate surface area is 191 Å². The van der Waals surface area contributed by atoms with Gasteiger partial charge in [0.05, 0.1) is 6.61 Å². The molecule has 0 bridgehead atoms. The summed E-state index contributed by atoms with van der Waals surface area (Å²) in [6.07, 6.45) is -13.6. The van der Waals surface area contributed by atoms with Crippen molar-refractivity contribution in [3.05, 3.63) is 11.8 Å². The van der Waals surface area contributed by atoms with Gasteiger partial charge in [0.25, 0.3) is 0 Å². The van der Waals surface area contributed by atoms with Gasteiger partial charge in [0.1, 0.15) is 30.5 Å². The van der Waals surface area contributed by atoms with E-state index < -0.39 is 94.2 Å². The van der Waals surface area contributed by atoms with Gasteiger partial charge in [0.2, 0.25) is 18.0 Å². The van der Waals surface area contributed by atoms with Crippen LogP contribution < -0.4 is 5.32 Å². The molecule has 1 amide bonds. The highest BCUT2D eigenvalue weighted by atomic mass is 32.3. The maximum Gasteiger partial charge on any atom is 0.397 e. The molecule has 2 aliphatic rings. The number of hydrogen-bond donors (Lipinski definition) is 7. The molecule has 0 spiro atoms. The zero-order valence-electron chi connectivity index (χ0n) is 16.9. The van der Waals surface area contributed by atoms with Crippen LogP contribution in [0.1, 0.15) is 6.92 Å². The van der Waals surface area contributed by atoms with E-state index in [4.69, 9.17) is 28.4 Å². The molecule has 0 saturated carbocycles. The van der Waals surface area contributed by atoms with Crippen LogP contribution in [0.25, 0.3) is 0 Å². The predicted octanol–water partition coefficient (Wildman–Crippen LogP) is -4.35. The van der Waals surface area contributed by atoms with E-state index in [0.717, 1.165) is 6.92 Å². The zero-order valence-corrected chi connectivity index (χ0v) is 18.5. The summed E-state index contributed by atoms with van der Waals surface area (Å²) < 4.78 is 85.6. The lowest BCUT2D eigenvalue weighted by Crippen LogP contribution is -2.66. The Bertz CT molecular complexity index is 1010. The molecule has 2 heterocycles. The molecular weight excluding hydrogens is 518 g/mol. The third-order valence-electron chi connectivity index (χ3n) is 4.35. The molecule has 18 nitrogen and oxygen atoms in total. The number of carboxylic acid groups (broad SMARTS) is 1. The smallest absolute Gasteiger partial charge is 0.397 e. The number of aliphatic hydroxyl groups is 3. The highest BCUT2D eigenvalue weighted by molar-refractivity contribution is 7.81. The summed E-state index contributed by atoms with van der Waals surface area (Å²) in [5.74, 6) is -3.50.